The average molecular weight is 272 g/mol. The van der Waals surface area contributed by atoms with E-state index < -0.39 is 0 Å². The molecule has 1 aromatic carbocycles. The third-order valence-electron chi connectivity index (χ3n) is 4.71. The van der Waals surface area contributed by atoms with E-state index in [1.807, 2.05) is 13.8 Å². The van der Waals surface area contributed by atoms with Crippen LogP contribution in [0.3, 0.4) is 0 Å². The average Bonchev–Trinajstić information content (AvgIpc) is 2.67. The minimum atomic E-state index is 0.103. The minimum Gasteiger partial charge on any atom is -0.349 e. The zero-order chi connectivity index (χ0) is 14.3. The Bertz CT molecular complexity index is 503. The van der Waals surface area contributed by atoms with Crippen LogP contribution in [0, 0.1) is 20.8 Å². The Morgan fingerprint density at radius 1 is 1.10 bits per heavy atom. The molecule has 0 spiro atoms. The van der Waals surface area contributed by atoms with Crippen LogP contribution >= 0.6 is 0 Å². The zero-order valence-electron chi connectivity index (χ0n) is 12.6. The number of hydrogen-bond donors (Lipinski definition) is 2. The lowest BCUT2D eigenvalue weighted by Gasteiger charge is -2.30. The molecular weight excluding hydrogens is 248 g/mol. The monoisotopic (exact) mass is 272 g/mol. The highest BCUT2D eigenvalue weighted by Gasteiger charge is 2.34. The van der Waals surface area contributed by atoms with Crippen LogP contribution in [0.25, 0.3) is 0 Å². The van der Waals surface area contributed by atoms with Crippen molar-refractivity contribution in [2.75, 3.05) is 0 Å². The maximum absolute atomic E-state index is 12.6. The third kappa shape index (κ3) is 2.59. The topological polar surface area (TPSA) is 41.1 Å². The van der Waals surface area contributed by atoms with Gasteiger partial charge in [-0.3, -0.25) is 4.79 Å². The summed E-state index contributed by atoms with van der Waals surface area (Å²) in [7, 11) is 0. The first-order chi connectivity index (χ1) is 9.52. The van der Waals surface area contributed by atoms with Crippen molar-refractivity contribution in [1.82, 2.24) is 10.6 Å². The Kier molecular flexibility index (Phi) is 3.55. The molecule has 2 N–H and O–H groups in total. The van der Waals surface area contributed by atoms with Crippen LogP contribution in [0.2, 0.25) is 0 Å². The van der Waals surface area contributed by atoms with Crippen molar-refractivity contribution < 1.29 is 4.79 Å². The number of amides is 1. The second-order valence-electron chi connectivity index (χ2n) is 6.55. The van der Waals surface area contributed by atoms with Gasteiger partial charge in [-0.05, 0) is 57.6 Å². The minimum absolute atomic E-state index is 0.103. The van der Waals surface area contributed by atoms with Crippen molar-refractivity contribution in [3.05, 3.63) is 34.4 Å². The largest absolute Gasteiger partial charge is 0.349 e. The van der Waals surface area contributed by atoms with Crippen molar-refractivity contribution in [2.24, 2.45) is 0 Å². The predicted octanol–water partition coefficient (Wildman–Crippen LogP) is 2.62. The van der Waals surface area contributed by atoms with Crippen LogP contribution in [0.1, 0.15) is 52.7 Å². The number of hydrogen-bond acceptors (Lipinski definition) is 2. The molecule has 0 radical (unpaired) electrons. The summed E-state index contributed by atoms with van der Waals surface area (Å²) in [5.41, 5.74) is 4.24. The molecule has 1 amide bonds. The summed E-state index contributed by atoms with van der Waals surface area (Å²) in [6.07, 6.45) is 4.68. The van der Waals surface area contributed by atoms with Crippen LogP contribution in [0.15, 0.2) is 12.1 Å². The van der Waals surface area contributed by atoms with Gasteiger partial charge in [-0.15, -0.1) is 0 Å². The lowest BCUT2D eigenvalue weighted by Crippen LogP contribution is -2.48. The van der Waals surface area contributed by atoms with E-state index in [0.717, 1.165) is 29.5 Å². The molecule has 0 saturated carbocycles. The molecule has 0 aliphatic carbocycles. The molecule has 2 heterocycles. The van der Waals surface area contributed by atoms with Gasteiger partial charge in [-0.2, -0.15) is 0 Å². The van der Waals surface area contributed by atoms with Crippen molar-refractivity contribution in [2.45, 2.75) is 64.6 Å². The molecule has 2 fully saturated rings. The quantitative estimate of drug-likeness (QED) is 0.869. The summed E-state index contributed by atoms with van der Waals surface area (Å²) in [5.74, 6) is 0.103. The van der Waals surface area contributed by atoms with Crippen molar-refractivity contribution in [1.29, 1.82) is 0 Å². The summed E-state index contributed by atoms with van der Waals surface area (Å²) in [6, 6.07) is 5.74. The van der Waals surface area contributed by atoms with Gasteiger partial charge in [0.25, 0.3) is 5.91 Å². The summed E-state index contributed by atoms with van der Waals surface area (Å²) < 4.78 is 0. The van der Waals surface area contributed by atoms with Gasteiger partial charge in [0.15, 0.2) is 0 Å². The highest BCUT2D eigenvalue weighted by Crippen LogP contribution is 2.27. The van der Waals surface area contributed by atoms with Gasteiger partial charge in [0.1, 0.15) is 0 Å². The molecule has 3 nitrogen and oxygen atoms in total. The molecule has 2 bridgehead atoms. The Morgan fingerprint density at radius 3 is 2.20 bits per heavy atom. The smallest absolute Gasteiger partial charge is 0.252 e. The standard InChI is InChI=1S/C17H24N2O/c1-10-6-11(2)16(12(3)7-10)17(20)19-15-8-13-4-5-14(9-15)18-13/h6-7,13-15,18H,4-5,8-9H2,1-3H3,(H,19,20). The van der Waals surface area contributed by atoms with Gasteiger partial charge >= 0.3 is 0 Å². The fourth-order valence-electron chi connectivity index (χ4n) is 3.97. The molecule has 2 saturated heterocycles. The SMILES string of the molecule is Cc1cc(C)c(C(=O)NC2CC3CCC(C2)N3)c(C)c1. The lowest BCUT2D eigenvalue weighted by atomic mass is 9.96. The highest BCUT2D eigenvalue weighted by molar-refractivity contribution is 5.97. The van der Waals surface area contributed by atoms with E-state index in [2.05, 4.69) is 29.7 Å². The van der Waals surface area contributed by atoms with E-state index >= 15 is 0 Å². The van der Waals surface area contributed by atoms with Gasteiger partial charge in [0.05, 0.1) is 0 Å². The van der Waals surface area contributed by atoms with Crippen LogP contribution in [0.4, 0.5) is 0 Å². The molecule has 2 atom stereocenters. The normalized spacial score (nSPS) is 28.4. The van der Waals surface area contributed by atoms with Crippen LogP contribution in [0.5, 0.6) is 0 Å². The molecule has 3 heteroatoms. The van der Waals surface area contributed by atoms with E-state index in [0.29, 0.717) is 18.1 Å². The van der Waals surface area contributed by atoms with Crippen LogP contribution in [-0.4, -0.2) is 24.0 Å². The molecule has 20 heavy (non-hydrogen) atoms. The van der Waals surface area contributed by atoms with E-state index in [9.17, 15) is 4.79 Å². The van der Waals surface area contributed by atoms with Gasteiger partial charge in [0.2, 0.25) is 0 Å². The zero-order valence-corrected chi connectivity index (χ0v) is 12.6. The molecule has 3 rings (SSSR count). The summed E-state index contributed by atoms with van der Waals surface area (Å²) in [5, 5.41) is 6.87. The fourth-order valence-corrected chi connectivity index (χ4v) is 3.97. The predicted molar refractivity (Wildman–Crippen MR) is 81.1 cm³/mol. The number of carbonyl (C=O) groups excluding carboxylic acids is 1. The van der Waals surface area contributed by atoms with Crippen molar-refractivity contribution >= 4 is 5.91 Å². The molecule has 0 aromatic heterocycles. The highest BCUT2D eigenvalue weighted by atomic mass is 16.1. The first-order valence-corrected chi connectivity index (χ1v) is 7.67. The summed E-state index contributed by atoms with van der Waals surface area (Å²) >= 11 is 0. The molecule has 1 aromatic rings. The Hall–Kier alpha value is -1.35. The van der Waals surface area contributed by atoms with Crippen LogP contribution in [-0.2, 0) is 0 Å². The maximum atomic E-state index is 12.6. The first kappa shape index (κ1) is 13.6. The number of carbonyl (C=O) groups is 1. The number of benzene rings is 1. The molecular formula is C17H24N2O. The number of rotatable bonds is 2. The molecule has 108 valence electrons. The number of fused-ring (bicyclic) bond motifs is 2. The van der Waals surface area contributed by atoms with Gasteiger partial charge in [-0.25, -0.2) is 0 Å². The van der Waals surface area contributed by atoms with E-state index in [4.69, 9.17) is 0 Å². The lowest BCUT2D eigenvalue weighted by molar-refractivity contribution is 0.0922. The maximum Gasteiger partial charge on any atom is 0.252 e. The third-order valence-corrected chi connectivity index (χ3v) is 4.71. The van der Waals surface area contributed by atoms with Crippen molar-refractivity contribution in [3.8, 4) is 0 Å². The second kappa shape index (κ2) is 5.21. The summed E-state index contributed by atoms with van der Waals surface area (Å²) in [6.45, 7) is 6.13. The molecule has 2 aliphatic rings. The molecule has 2 aliphatic heterocycles. The van der Waals surface area contributed by atoms with Gasteiger partial charge < -0.3 is 10.6 Å². The van der Waals surface area contributed by atoms with E-state index in [1.54, 1.807) is 0 Å². The fraction of sp³-hybridized carbons (Fsp3) is 0.588. The van der Waals surface area contributed by atoms with E-state index in [-0.39, 0.29) is 5.91 Å². The Morgan fingerprint density at radius 2 is 1.65 bits per heavy atom. The number of piperidine rings is 1. The number of aryl methyl sites for hydroxylation is 3. The number of nitrogens with one attached hydrogen (secondary N) is 2. The first-order valence-electron chi connectivity index (χ1n) is 7.67. The van der Waals surface area contributed by atoms with E-state index in [1.165, 1.54) is 18.4 Å². The van der Waals surface area contributed by atoms with Gasteiger partial charge in [-0.1, -0.05) is 17.7 Å². The summed E-state index contributed by atoms with van der Waals surface area (Å²) in [4.78, 5) is 12.6. The molecule has 2 unspecified atom stereocenters. The Labute approximate surface area is 121 Å². The second-order valence-corrected chi connectivity index (χ2v) is 6.55. The van der Waals surface area contributed by atoms with Crippen molar-refractivity contribution in [3.63, 3.8) is 0 Å². The Balaban J connectivity index is 1.73. The van der Waals surface area contributed by atoms with Gasteiger partial charge in [0, 0.05) is 23.7 Å². The van der Waals surface area contributed by atoms with Crippen LogP contribution < -0.4 is 10.6 Å².